The summed E-state index contributed by atoms with van der Waals surface area (Å²) >= 11 is 0. The number of sulfonamides is 1. The summed E-state index contributed by atoms with van der Waals surface area (Å²) in [6.07, 6.45) is -1.48. The summed E-state index contributed by atoms with van der Waals surface area (Å²) in [6.45, 7) is 3.12. The van der Waals surface area contributed by atoms with Gasteiger partial charge < -0.3 is 19.1 Å². The molecule has 0 spiro atoms. The molecule has 31 heavy (non-hydrogen) atoms. The maximum Gasteiger partial charge on any atom is 0.267 e. The summed E-state index contributed by atoms with van der Waals surface area (Å²) in [5, 5.41) is 0. The minimum Gasteiger partial charge on any atom is -0.485 e. The van der Waals surface area contributed by atoms with Crippen LogP contribution in [0.25, 0.3) is 0 Å². The molecular formula is C22H24N2O6S. The summed E-state index contributed by atoms with van der Waals surface area (Å²) in [5.74, 6) is 1.01. The van der Waals surface area contributed by atoms with Crippen molar-refractivity contribution in [2.24, 2.45) is 0 Å². The third-order valence-corrected chi connectivity index (χ3v) is 7.65. The van der Waals surface area contributed by atoms with Gasteiger partial charge in [-0.2, -0.15) is 4.31 Å². The molecule has 2 saturated heterocycles. The van der Waals surface area contributed by atoms with E-state index in [-0.39, 0.29) is 42.7 Å². The molecule has 0 aromatic heterocycles. The van der Waals surface area contributed by atoms with Crippen molar-refractivity contribution in [3.05, 3.63) is 54.1 Å². The van der Waals surface area contributed by atoms with Gasteiger partial charge in [0.1, 0.15) is 6.61 Å². The molecule has 0 N–H and O–H groups in total. The second kappa shape index (κ2) is 7.81. The quantitative estimate of drug-likeness (QED) is 0.712. The topological polar surface area (TPSA) is 85.4 Å². The zero-order valence-electron chi connectivity index (χ0n) is 17.1. The van der Waals surface area contributed by atoms with Gasteiger partial charge in [-0.05, 0) is 31.2 Å². The Kier molecular flexibility index (Phi) is 5.11. The van der Waals surface area contributed by atoms with Crippen LogP contribution in [-0.4, -0.2) is 74.6 Å². The summed E-state index contributed by atoms with van der Waals surface area (Å²) < 4.78 is 45.1. The van der Waals surface area contributed by atoms with E-state index in [2.05, 4.69) is 0 Å². The number of carbonyl (C=O) groups excluding carboxylic acids is 1. The van der Waals surface area contributed by atoms with Crippen LogP contribution in [0, 0.1) is 6.92 Å². The number of amides is 1. The number of ether oxygens (including phenoxy) is 3. The normalized spacial score (nSPS) is 25.8. The minimum absolute atomic E-state index is 0.149. The predicted molar refractivity (Wildman–Crippen MR) is 112 cm³/mol. The average Bonchev–Trinajstić information content (AvgIpc) is 2.78. The van der Waals surface area contributed by atoms with Gasteiger partial charge in [0.25, 0.3) is 5.91 Å². The molecule has 9 heteroatoms. The molecule has 3 atom stereocenters. The van der Waals surface area contributed by atoms with Crippen LogP contribution in [0.3, 0.4) is 0 Å². The molecule has 3 aliphatic rings. The number of fused-ring (bicyclic) bond motifs is 3. The minimum atomic E-state index is -3.61. The highest BCUT2D eigenvalue weighted by atomic mass is 32.2. The fourth-order valence-electron chi connectivity index (χ4n) is 4.24. The van der Waals surface area contributed by atoms with E-state index in [1.54, 1.807) is 41.3 Å². The van der Waals surface area contributed by atoms with Crippen molar-refractivity contribution in [3.8, 4) is 11.5 Å². The van der Waals surface area contributed by atoms with Gasteiger partial charge in [0.15, 0.2) is 11.5 Å². The van der Waals surface area contributed by atoms with Crippen LogP contribution in [0.5, 0.6) is 11.5 Å². The molecule has 5 rings (SSSR count). The first-order valence-corrected chi connectivity index (χ1v) is 11.7. The highest BCUT2D eigenvalue weighted by Gasteiger charge is 2.43. The molecular weight excluding hydrogens is 420 g/mol. The maximum absolute atomic E-state index is 13.1. The van der Waals surface area contributed by atoms with Crippen LogP contribution in [0.4, 0.5) is 0 Å². The number of nitrogens with zero attached hydrogens (tertiary/aromatic N) is 2. The van der Waals surface area contributed by atoms with Crippen LogP contribution >= 0.6 is 0 Å². The standard InChI is InChI=1S/C22H24N2O6S/c1-15-6-8-18(9-7-15)31(26,27)24-12-16-10-23(11-17(13-24)29-16)22(25)21-14-28-19-4-2-3-5-20(19)30-21/h2-9,16-17,21H,10-14H2,1H3/t16-,17+,21-/m1/s1. The molecule has 164 valence electrons. The van der Waals surface area contributed by atoms with E-state index >= 15 is 0 Å². The van der Waals surface area contributed by atoms with Crippen molar-refractivity contribution in [1.82, 2.24) is 9.21 Å². The fourth-order valence-corrected chi connectivity index (χ4v) is 5.74. The number of morpholine rings is 2. The van der Waals surface area contributed by atoms with E-state index < -0.39 is 16.1 Å². The van der Waals surface area contributed by atoms with Crippen LogP contribution in [0.15, 0.2) is 53.4 Å². The number of hydrogen-bond acceptors (Lipinski definition) is 6. The van der Waals surface area contributed by atoms with Crippen molar-refractivity contribution in [1.29, 1.82) is 0 Å². The number of benzene rings is 2. The molecule has 3 aliphatic heterocycles. The monoisotopic (exact) mass is 444 g/mol. The second-order valence-electron chi connectivity index (χ2n) is 8.12. The van der Waals surface area contributed by atoms with E-state index in [4.69, 9.17) is 14.2 Å². The van der Waals surface area contributed by atoms with E-state index in [0.717, 1.165) is 5.56 Å². The van der Waals surface area contributed by atoms with Crippen molar-refractivity contribution in [2.75, 3.05) is 32.8 Å². The van der Waals surface area contributed by atoms with Crippen molar-refractivity contribution in [2.45, 2.75) is 30.1 Å². The number of para-hydroxylation sites is 2. The number of hydrogen-bond donors (Lipinski definition) is 0. The first-order chi connectivity index (χ1) is 14.9. The summed E-state index contributed by atoms with van der Waals surface area (Å²) in [6, 6.07) is 14.1. The molecule has 2 aromatic carbocycles. The van der Waals surface area contributed by atoms with Gasteiger partial charge in [-0.15, -0.1) is 0 Å². The van der Waals surface area contributed by atoms with Crippen LogP contribution in [-0.2, 0) is 19.6 Å². The smallest absolute Gasteiger partial charge is 0.267 e. The molecule has 0 saturated carbocycles. The molecule has 0 aliphatic carbocycles. The lowest BCUT2D eigenvalue weighted by molar-refractivity contribution is -0.162. The average molecular weight is 445 g/mol. The molecule has 0 radical (unpaired) electrons. The summed E-state index contributed by atoms with van der Waals surface area (Å²) in [4.78, 5) is 15.0. The zero-order valence-corrected chi connectivity index (χ0v) is 18.0. The lowest BCUT2D eigenvalue weighted by atomic mass is 10.1. The predicted octanol–water partition coefficient (Wildman–Crippen LogP) is 1.44. The molecule has 8 nitrogen and oxygen atoms in total. The first-order valence-electron chi connectivity index (χ1n) is 10.3. The third kappa shape index (κ3) is 3.88. The Bertz CT molecular complexity index is 1070. The highest BCUT2D eigenvalue weighted by Crippen LogP contribution is 2.32. The summed E-state index contributed by atoms with van der Waals surface area (Å²) in [5.41, 5.74) is 1.00. The van der Waals surface area contributed by atoms with E-state index in [0.29, 0.717) is 24.6 Å². The lowest BCUT2D eigenvalue weighted by Gasteiger charge is -2.45. The van der Waals surface area contributed by atoms with E-state index in [1.165, 1.54) is 4.31 Å². The Hall–Kier alpha value is -2.62. The van der Waals surface area contributed by atoms with Gasteiger partial charge in [0.05, 0.1) is 17.1 Å². The SMILES string of the molecule is Cc1ccc(S(=O)(=O)N2C[C@H]3CN(C(=O)[C@H]4COc5ccccc5O4)C[C@@H](C2)O3)cc1. The first kappa shape index (κ1) is 20.3. The van der Waals surface area contributed by atoms with Crippen molar-refractivity contribution < 1.29 is 27.4 Å². The van der Waals surface area contributed by atoms with Gasteiger partial charge in [0.2, 0.25) is 16.1 Å². The Balaban J connectivity index is 1.26. The summed E-state index contributed by atoms with van der Waals surface area (Å²) in [7, 11) is -3.61. The zero-order chi connectivity index (χ0) is 21.6. The number of rotatable bonds is 3. The Morgan fingerprint density at radius 1 is 0.935 bits per heavy atom. The van der Waals surface area contributed by atoms with Gasteiger partial charge in [-0.25, -0.2) is 8.42 Å². The van der Waals surface area contributed by atoms with Crippen LogP contribution < -0.4 is 9.47 Å². The second-order valence-corrected chi connectivity index (χ2v) is 10.1. The Morgan fingerprint density at radius 2 is 1.58 bits per heavy atom. The molecule has 2 bridgehead atoms. The third-order valence-electron chi connectivity index (χ3n) is 5.80. The fraction of sp³-hybridized carbons (Fsp3) is 0.409. The Labute approximate surface area is 181 Å². The Morgan fingerprint density at radius 3 is 2.26 bits per heavy atom. The lowest BCUT2D eigenvalue weighted by Crippen LogP contribution is -2.63. The largest absolute Gasteiger partial charge is 0.485 e. The van der Waals surface area contributed by atoms with E-state index in [1.807, 2.05) is 19.1 Å². The van der Waals surface area contributed by atoms with Crippen LogP contribution in [0.1, 0.15) is 5.56 Å². The van der Waals surface area contributed by atoms with Crippen molar-refractivity contribution >= 4 is 15.9 Å². The van der Waals surface area contributed by atoms with Gasteiger partial charge in [0, 0.05) is 26.2 Å². The van der Waals surface area contributed by atoms with Gasteiger partial charge >= 0.3 is 0 Å². The molecule has 1 amide bonds. The van der Waals surface area contributed by atoms with Crippen molar-refractivity contribution in [3.63, 3.8) is 0 Å². The number of carbonyl (C=O) groups is 1. The molecule has 3 heterocycles. The maximum atomic E-state index is 13.1. The highest BCUT2D eigenvalue weighted by molar-refractivity contribution is 7.89. The van der Waals surface area contributed by atoms with E-state index in [9.17, 15) is 13.2 Å². The molecule has 2 fully saturated rings. The van der Waals surface area contributed by atoms with Gasteiger partial charge in [-0.1, -0.05) is 29.8 Å². The number of aryl methyl sites for hydroxylation is 1. The molecule has 2 aromatic rings. The van der Waals surface area contributed by atoms with Crippen LogP contribution in [0.2, 0.25) is 0 Å². The van der Waals surface area contributed by atoms with Gasteiger partial charge in [-0.3, -0.25) is 4.79 Å². The molecule has 0 unspecified atom stereocenters.